The van der Waals surface area contributed by atoms with Gasteiger partial charge in [0, 0.05) is 18.5 Å². The Labute approximate surface area is 105 Å². The van der Waals surface area contributed by atoms with Gasteiger partial charge in [-0.2, -0.15) is 0 Å². The van der Waals surface area contributed by atoms with Gasteiger partial charge in [0.15, 0.2) is 0 Å². The molecular weight excluding hydrogens is 224 g/mol. The Kier molecular flexibility index (Phi) is 7.00. The molecule has 1 amide bonds. The van der Waals surface area contributed by atoms with Crippen molar-refractivity contribution < 1.29 is 4.79 Å². The zero-order valence-electron chi connectivity index (χ0n) is 10.5. The van der Waals surface area contributed by atoms with Crippen LogP contribution in [0.4, 0.5) is 0 Å². The van der Waals surface area contributed by atoms with Gasteiger partial charge in [0.1, 0.15) is 0 Å². The molecule has 1 saturated carbocycles. The molecule has 1 aliphatic carbocycles. The summed E-state index contributed by atoms with van der Waals surface area (Å²) < 4.78 is 0. The summed E-state index contributed by atoms with van der Waals surface area (Å²) in [6.45, 7) is 6.38. The van der Waals surface area contributed by atoms with Crippen molar-refractivity contribution in [1.29, 1.82) is 0 Å². The predicted molar refractivity (Wildman–Crippen MR) is 69.6 cm³/mol. The van der Waals surface area contributed by atoms with Gasteiger partial charge in [-0.3, -0.25) is 4.79 Å². The van der Waals surface area contributed by atoms with Crippen LogP contribution in [-0.2, 0) is 4.79 Å². The maximum atomic E-state index is 11.6. The van der Waals surface area contributed by atoms with Crippen molar-refractivity contribution in [3.05, 3.63) is 0 Å². The summed E-state index contributed by atoms with van der Waals surface area (Å²) in [5, 5.41) is 3.10. The summed E-state index contributed by atoms with van der Waals surface area (Å²) in [5.74, 6) is 1.52. The van der Waals surface area contributed by atoms with Gasteiger partial charge in [-0.15, -0.1) is 12.4 Å². The van der Waals surface area contributed by atoms with Crippen LogP contribution in [0.2, 0.25) is 0 Å². The van der Waals surface area contributed by atoms with Gasteiger partial charge in [0.2, 0.25) is 5.91 Å². The number of nitrogens with two attached hydrogens (primary N) is 1. The SMILES string of the molecule is CC(N)CC(=O)NC1CCC(C)CC1C.Cl. The third-order valence-corrected chi connectivity index (χ3v) is 3.29. The standard InChI is InChI=1S/C12H24N2O.ClH/c1-8-4-5-11(9(2)6-8)14-12(15)7-10(3)13;/h8-11H,4-7,13H2,1-3H3,(H,14,15);1H. The monoisotopic (exact) mass is 248 g/mol. The average Bonchev–Trinajstić information content (AvgIpc) is 2.08. The molecule has 96 valence electrons. The van der Waals surface area contributed by atoms with E-state index in [4.69, 9.17) is 5.73 Å². The minimum Gasteiger partial charge on any atom is -0.353 e. The van der Waals surface area contributed by atoms with Crippen molar-refractivity contribution in [2.75, 3.05) is 0 Å². The molecule has 0 heterocycles. The number of amides is 1. The summed E-state index contributed by atoms with van der Waals surface area (Å²) in [4.78, 5) is 11.6. The number of carbonyl (C=O) groups excluding carboxylic acids is 1. The lowest BCUT2D eigenvalue weighted by Crippen LogP contribution is -2.43. The fraction of sp³-hybridized carbons (Fsp3) is 0.917. The summed E-state index contributed by atoms with van der Waals surface area (Å²) in [7, 11) is 0. The molecule has 0 saturated heterocycles. The number of hydrogen-bond donors (Lipinski definition) is 2. The van der Waals surface area contributed by atoms with E-state index in [-0.39, 0.29) is 24.4 Å². The topological polar surface area (TPSA) is 55.1 Å². The smallest absolute Gasteiger partial charge is 0.221 e. The Hall–Kier alpha value is -0.280. The molecule has 4 atom stereocenters. The highest BCUT2D eigenvalue weighted by Gasteiger charge is 2.26. The van der Waals surface area contributed by atoms with Gasteiger partial charge in [-0.1, -0.05) is 13.8 Å². The van der Waals surface area contributed by atoms with E-state index in [2.05, 4.69) is 19.2 Å². The minimum absolute atomic E-state index is 0. The van der Waals surface area contributed by atoms with Crippen molar-refractivity contribution in [3.63, 3.8) is 0 Å². The van der Waals surface area contributed by atoms with E-state index in [0.717, 1.165) is 12.3 Å². The normalized spacial score (nSPS) is 31.4. The van der Waals surface area contributed by atoms with Gasteiger partial charge >= 0.3 is 0 Å². The summed E-state index contributed by atoms with van der Waals surface area (Å²) in [6, 6.07) is 0.329. The Morgan fingerprint density at radius 3 is 2.56 bits per heavy atom. The molecule has 0 radical (unpaired) electrons. The van der Waals surface area contributed by atoms with Crippen molar-refractivity contribution in [2.24, 2.45) is 17.6 Å². The number of halogens is 1. The molecule has 0 aliphatic heterocycles. The zero-order chi connectivity index (χ0) is 11.4. The second-order valence-electron chi connectivity index (χ2n) is 5.25. The lowest BCUT2D eigenvalue weighted by molar-refractivity contribution is -0.122. The lowest BCUT2D eigenvalue weighted by Gasteiger charge is -2.33. The molecule has 0 spiro atoms. The fourth-order valence-corrected chi connectivity index (χ4v) is 2.44. The highest BCUT2D eigenvalue weighted by atomic mass is 35.5. The Bertz CT molecular complexity index is 221. The molecule has 1 fully saturated rings. The number of hydrogen-bond acceptors (Lipinski definition) is 2. The molecule has 0 aromatic heterocycles. The van der Waals surface area contributed by atoms with Crippen molar-refractivity contribution in [2.45, 2.75) is 58.5 Å². The van der Waals surface area contributed by atoms with Crippen LogP contribution in [0.25, 0.3) is 0 Å². The van der Waals surface area contributed by atoms with E-state index in [9.17, 15) is 4.79 Å². The number of carbonyl (C=O) groups is 1. The first-order valence-corrected chi connectivity index (χ1v) is 6.04. The van der Waals surface area contributed by atoms with Gasteiger partial charge < -0.3 is 11.1 Å². The quantitative estimate of drug-likeness (QED) is 0.804. The van der Waals surface area contributed by atoms with Crippen molar-refractivity contribution in [1.82, 2.24) is 5.32 Å². The van der Waals surface area contributed by atoms with E-state index >= 15 is 0 Å². The Morgan fingerprint density at radius 1 is 1.44 bits per heavy atom. The van der Waals surface area contributed by atoms with Gasteiger partial charge in [-0.05, 0) is 38.0 Å². The molecule has 4 unspecified atom stereocenters. The Morgan fingerprint density at radius 2 is 2.06 bits per heavy atom. The van der Waals surface area contributed by atoms with Crippen LogP contribution in [0.5, 0.6) is 0 Å². The van der Waals surface area contributed by atoms with Crippen LogP contribution in [0, 0.1) is 11.8 Å². The predicted octanol–water partition coefficient (Wildman–Crippen LogP) is 2.09. The minimum atomic E-state index is -0.0391. The second kappa shape index (κ2) is 7.13. The molecule has 3 nitrogen and oxygen atoms in total. The molecule has 4 heteroatoms. The highest BCUT2D eigenvalue weighted by Crippen LogP contribution is 2.28. The summed E-state index contributed by atoms with van der Waals surface area (Å²) in [5.41, 5.74) is 5.59. The van der Waals surface area contributed by atoms with E-state index in [1.165, 1.54) is 12.8 Å². The first kappa shape index (κ1) is 15.7. The van der Waals surface area contributed by atoms with Gasteiger partial charge in [0.25, 0.3) is 0 Å². The van der Waals surface area contributed by atoms with E-state index in [1.807, 2.05) is 6.92 Å². The van der Waals surface area contributed by atoms with E-state index in [1.54, 1.807) is 0 Å². The van der Waals surface area contributed by atoms with Gasteiger partial charge in [0.05, 0.1) is 0 Å². The molecule has 16 heavy (non-hydrogen) atoms. The van der Waals surface area contributed by atoms with Crippen LogP contribution in [-0.4, -0.2) is 18.0 Å². The summed E-state index contributed by atoms with van der Waals surface area (Å²) in [6.07, 6.45) is 4.02. The van der Waals surface area contributed by atoms with Crippen LogP contribution in [0.1, 0.15) is 46.5 Å². The van der Waals surface area contributed by atoms with E-state index < -0.39 is 0 Å². The molecule has 3 N–H and O–H groups in total. The highest BCUT2D eigenvalue weighted by molar-refractivity contribution is 5.85. The second-order valence-corrected chi connectivity index (χ2v) is 5.25. The molecular formula is C12H25ClN2O. The third kappa shape index (κ3) is 5.17. The maximum absolute atomic E-state index is 11.6. The average molecular weight is 249 g/mol. The van der Waals surface area contributed by atoms with Crippen molar-refractivity contribution in [3.8, 4) is 0 Å². The van der Waals surface area contributed by atoms with Crippen LogP contribution >= 0.6 is 12.4 Å². The van der Waals surface area contributed by atoms with Crippen LogP contribution in [0.15, 0.2) is 0 Å². The molecule has 0 aromatic carbocycles. The van der Waals surface area contributed by atoms with Gasteiger partial charge in [-0.25, -0.2) is 0 Å². The molecule has 0 aromatic rings. The zero-order valence-corrected chi connectivity index (χ0v) is 11.3. The third-order valence-electron chi connectivity index (χ3n) is 3.29. The Balaban J connectivity index is 0.00000225. The molecule has 0 bridgehead atoms. The largest absolute Gasteiger partial charge is 0.353 e. The maximum Gasteiger partial charge on any atom is 0.221 e. The number of nitrogens with one attached hydrogen (secondary N) is 1. The van der Waals surface area contributed by atoms with Crippen LogP contribution in [0.3, 0.4) is 0 Å². The summed E-state index contributed by atoms with van der Waals surface area (Å²) >= 11 is 0. The van der Waals surface area contributed by atoms with E-state index in [0.29, 0.717) is 18.4 Å². The fourth-order valence-electron chi connectivity index (χ4n) is 2.44. The van der Waals surface area contributed by atoms with Crippen molar-refractivity contribution >= 4 is 18.3 Å². The lowest BCUT2D eigenvalue weighted by atomic mass is 9.80. The van der Waals surface area contributed by atoms with Crippen LogP contribution < -0.4 is 11.1 Å². The first-order valence-electron chi connectivity index (χ1n) is 6.04. The number of rotatable bonds is 3. The first-order chi connectivity index (χ1) is 6.99. The molecule has 1 aliphatic rings. The molecule has 1 rings (SSSR count).